The van der Waals surface area contributed by atoms with E-state index in [0.29, 0.717) is 11.3 Å². The minimum atomic E-state index is -0.604. The number of aromatic nitrogens is 1. The number of carbonyl (C=O) groups excluding carboxylic acids is 1. The van der Waals surface area contributed by atoms with Gasteiger partial charge < -0.3 is 14.2 Å². The molecule has 0 N–H and O–H groups in total. The van der Waals surface area contributed by atoms with E-state index in [4.69, 9.17) is 19.2 Å². The van der Waals surface area contributed by atoms with Crippen LogP contribution < -0.4 is 0 Å². The Labute approximate surface area is 169 Å². The molecule has 146 valence electrons. The van der Waals surface area contributed by atoms with Gasteiger partial charge in [0.2, 0.25) is 6.29 Å². The van der Waals surface area contributed by atoms with E-state index in [9.17, 15) is 4.79 Å². The average Bonchev–Trinajstić information content (AvgIpc) is 2.76. The minimum absolute atomic E-state index is 0.447. The summed E-state index contributed by atoms with van der Waals surface area (Å²) in [5.74, 6) is 0.154. The fourth-order valence-corrected chi connectivity index (χ4v) is 3.41. The predicted molar refractivity (Wildman–Crippen MR) is 112 cm³/mol. The second kappa shape index (κ2) is 7.89. The molecule has 0 amide bonds. The summed E-state index contributed by atoms with van der Waals surface area (Å²) in [6.45, 7) is 2.04. The highest BCUT2D eigenvalue weighted by molar-refractivity contribution is 5.98. The fourth-order valence-electron chi connectivity index (χ4n) is 3.41. The number of hydrogen-bond acceptors (Lipinski definition) is 5. The fraction of sp³-hybridized carbons (Fsp3) is 0.167. The smallest absolute Gasteiger partial charge is 0.330 e. The van der Waals surface area contributed by atoms with Gasteiger partial charge in [0.25, 0.3) is 0 Å². The van der Waals surface area contributed by atoms with Crippen LogP contribution in [0.5, 0.6) is 0 Å². The van der Waals surface area contributed by atoms with Crippen LogP contribution in [0.15, 0.2) is 66.7 Å². The van der Waals surface area contributed by atoms with Gasteiger partial charge in [0.15, 0.2) is 0 Å². The molecule has 2 heterocycles. The van der Waals surface area contributed by atoms with E-state index in [-0.39, 0.29) is 0 Å². The van der Waals surface area contributed by atoms with Crippen molar-refractivity contribution in [3.8, 4) is 0 Å². The molecule has 1 atom stereocenters. The van der Waals surface area contributed by atoms with E-state index in [1.165, 1.54) is 13.2 Å². The monoisotopic (exact) mass is 387 g/mol. The topological polar surface area (TPSA) is 57.7 Å². The Hall–Kier alpha value is -3.44. The van der Waals surface area contributed by atoms with E-state index >= 15 is 0 Å². The first-order valence-electron chi connectivity index (χ1n) is 9.27. The molecule has 1 aliphatic heterocycles. The van der Waals surface area contributed by atoms with Crippen LogP contribution in [0.4, 0.5) is 0 Å². The third-order valence-electron chi connectivity index (χ3n) is 4.82. The summed E-state index contributed by atoms with van der Waals surface area (Å²) in [7, 11) is 2.95. The van der Waals surface area contributed by atoms with Gasteiger partial charge >= 0.3 is 5.97 Å². The van der Waals surface area contributed by atoms with E-state index in [1.54, 1.807) is 13.2 Å². The van der Waals surface area contributed by atoms with Crippen molar-refractivity contribution in [3.05, 3.63) is 89.1 Å². The predicted octanol–water partition coefficient (Wildman–Crippen LogP) is 4.82. The molecule has 0 spiro atoms. The number of carbonyl (C=O) groups is 1. The molecule has 4 rings (SSSR count). The molecule has 0 saturated carbocycles. The average molecular weight is 387 g/mol. The molecular formula is C24H21NO4. The van der Waals surface area contributed by atoms with Gasteiger partial charge in [-0.25, -0.2) is 9.78 Å². The first-order chi connectivity index (χ1) is 14.1. The third kappa shape index (κ3) is 3.65. The second-order valence-corrected chi connectivity index (χ2v) is 6.77. The van der Waals surface area contributed by atoms with E-state index in [1.807, 2.05) is 55.5 Å². The Morgan fingerprint density at radius 1 is 1.10 bits per heavy atom. The second-order valence-electron chi connectivity index (χ2n) is 6.77. The van der Waals surface area contributed by atoms with E-state index in [2.05, 4.69) is 6.07 Å². The summed E-state index contributed by atoms with van der Waals surface area (Å²) in [6.07, 6.45) is 2.46. The summed E-state index contributed by atoms with van der Waals surface area (Å²) >= 11 is 0. The van der Waals surface area contributed by atoms with Crippen LogP contribution in [0.2, 0.25) is 0 Å². The van der Waals surface area contributed by atoms with E-state index in [0.717, 1.165) is 33.3 Å². The number of pyridine rings is 1. The lowest BCUT2D eigenvalue weighted by Crippen LogP contribution is -2.16. The van der Waals surface area contributed by atoms with Crippen molar-refractivity contribution in [1.82, 2.24) is 4.98 Å². The summed E-state index contributed by atoms with van der Waals surface area (Å²) in [4.78, 5) is 16.7. The molecule has 3 aromatic rings. The number of aryl methyl sites for hydroxylation is 1. The minimum Gasteiger partial charge on any atom is -0.466 e. The largest absolute Gasteiger partial charge is 0.466 e. The van der Waals surface area contributed by atoms with Gasteiger partial charge in [-0.15, -0.1) is 0 Å². The zero-order valence-electron chi connectivity index (χ0n) is 16.5. The number of esters is 1. The van der Waals surface area contributed by atoms with Gasteiger partial charge in [-0.2, -0.15) is 0 Å². The molecule has 1 unspecified atom stereocenters. The Kier molecular flexibility index (Phi) is 5.14. The molecular weight excluding hydrogens is 366 g/mol. The summed E-state index contributed by atoms with van der Waals surface area (Å²) in [5, 5.41) is 1.01. The number of hydrogen-bond donors (Lipinski definition) is 0. The number of benzene rings is 2. The molecule has 0 bridgehead atoms. The molecule has 2 aromatic carbocycles. The number of fused-ring (bicyclic) bond motifs is 2. The first kappa shape index (κ1) is 18.9. The third-order valence-corrected chi connectivity index (χ3v) is 4.82. The van der Waals surface area contributed by atoms with Gasteiger partial charge in [0.1, 0.15) is 5.76 Å². The standard InChI is InChI=1S/C24H21NO4/c1-15-9-11-20-17(13-15)14-19-22(25-20)18(10-12-21(26)27-2)23(29-24(19)28-3)16-7-5-4-6-8-16/h4-14,24H,1-3H3/b12-10+. The molecule has 0 saturated heterocycles. The van der Waals surface area contributed by atoms with Crippen molar-refractivity contribution < 1.29 is 19.0 Å². The molecule has 1 aliphatic rings. The highest BCUT2D eigenvalue weighted by Gasteiger charge is 2.30. The molecule has 0 radical (unpaired) electrons. The quantitative estimate of drug-likeness (QED) is 0.475. The van der Waals surface area contributed by atoms with E-state index < -0.39 is 12.3 Å². The molecule has 5 heteroatoms. The lowest BCUT2D eigenvalue weighted by molar-refractivity contribution is -0.134. The van der Waals surface area contributed by atoms with Crippen LogP contribution in [0, 0.1) is 6.92 Å². The Morgan fingerprint density at radius 3 is 2.62 bits per heavy atom. The highest BCUT2D eigenvalue weighted by atomic mass is 16.7. The zero-order valence-corrected chi connectivity index (χ0v) is 16.5. The van der Waals surface area contributed by atoms with Gasteiger partial charge in [-0.05, 0) is 31.2 Å². The summed E-state index contributed by atoms with van der Waals surface area (Å²) in [6, 6.07) is 17.8. The molecule has 5 nitrogen and oxygen atoms in total. The van der Waals surface area contributed by atoms with Crippen molar-refractivity contribution in [2.24, 2.45) is 0 Å². The van der Waals surface area contributed by atoms with Crippen LogP contribution in [0.25, 0.3) is 22.2 Å². The molecule has 0 aliphatic carbocycles. The van der Waals surface area contributed by atoms with Crippen molar-refractivity contribution in [1.29, 1.82) is 0 Å². The highest BCUT2D eigenvalue weighted by Crippen LogP contribution is 2.42. The lowest BCUT2D eigenvalue weighted by Gasteiger charge is -2.29. The van der Waals surface area contributed by atoms with Gasteiger partial charge in [0.05, 0.1) is 18.3 Å². The van der Waals surface area contributed by atoms with Crippen LogP contribution in [0.3, 0.4) is 0 Å². The number of methoxy groups -OCH3 is 2. The van der Waals surface area contributed by atoms with Crippen molar-refractivity contribution in [3.63, 3.8) is 0 Å². The van der Waals surface area contributed by atoms with Crippen LogP contribution >= 0.6 is 0 Å². The van der Waals surface area contributed by atoms with Gasteiger partial charge in [-0.3, -0.25) is 0 Å². The van der Waals surface area contributed by atoms with Crippen molar-refractivity contribution >= 4 is 28.2 Å². The zero-order chi connectivity index (χ0) is 20.4. The van der Waals surface area contributed by atoms with Crippen LogP contribution in [-0.2, 0) is 19.0 Å². The lowest BCUT2D eigenvalue weighted by atomic mass is 9.96. The number of ether oxygens (including phenoxy) is 3. The summed E-state index contributed by atoms with van der Waals surface area (Å²) in [5.41, 5.74) is 5.12. The maximum absolute atomic E-state index is 11.8. The normalized spacial score (nSPS) is 16.0. The Bertz CT molecular complexity index is 1130. The molecule has 0 fully saturated rings. The molecule has 29 heavy (non-hydrogen) atoms. The molecule has 1 aromatic heterocycles. The summed E-state index contributed by atoms with van der Waals surface area (Å²) < 4.78 is 16.6. The van der Waals surface area contributed by atoms with Gasteiger partial charge in [-0.1, -0.05) is 42.0 Å². The van der Waals surface area contributed by atoms with Crippen LogP contribution in [0.1, 0.15) is 28.7 Å². The number of allylic oxidation sites excluding steroid dienone is 2. The Morgan fingerprint density at radius 2 is 1.90 bits per heavy atom. The van der Waals surface area contributed by atoms with Crippen LogP contribution in [-0.4, -0.2) is 25.2 Å². The van der Waals surface area contributed by atoms with Crippen molar-refractivity contribution in [2.75, 3.05) is 14.2 Å². The number of rotatable bonds is 4. The first-order valence-corrected chi connectivity index (χ1v) is 9.27. The number of nitrogens with zero attached hydrogens (tertiary/aromatic N) is 1. The Balaban J connectivity index is 1.99. The maximum Gasteiger partial charge on any atom is 0.330 e. The van der Waals surface area contributed by atoms with Crippen molar-refractivity contribution in [2.45, 2.75) is 13.2 Å². The van der Waals surface area contributed by atoms with Gasteiger partial charge in [0, 0.05) is 35.3 Å². The maximum atomic E-state index is 11.8. The SMILES string of the molecule is COC(=O)/C=C/C1=C(c2ccccc2)OC(OC)c2cc3cc(C)ccc3nc21.